The zero-order valence-corrected chi connectivity index (χ0v) is 60.6. The molecule has 23 N–H and O–H groups in total. The average Bonchev–Trinajstić information content (AvgIpc) is 0.848. The van der Waals surface area contributed by atoms with Gasteiger partial charge in [-0.3, -0.25) is 71.9 Å². The molecule has 0 saturated heterocycles. The van der Waals surface area contributed by atoms with Crippen molar-refractivity contribution >= 4 is 106 Å². The number of carboxylic acid groups (broad SMARTS) is 3. The molecule has 3 aromatic carbocycles. The summed E-state index contributed by atoms with van der Waals surface area (Å²) in [6.07, 6.45) is -2.92. The van der Waals surface area contributed by atoms with Crippen molar-refractivity contribution in [2.45, 2.75) is 178 Å². The van der Waals surface area contributed by atoms with Crippen LogP contribution in [0.4, 0.5) is 0 Å². The van der Waals surface area contributed by atoms with Gasteiger partial charge in [-0.05, 0) is 106 Å². The lowest BCUT2D eigenvalue weighted by Crippen LogP contribution is -2.62. The van der Waals surface area contributed by atoms with Crippen molar-refractivity contribution in [2.75, 3.05) is 31.8 Å². The van der Waals surface area contributed by atoms with Crippen LogP contribution in [0.1, 0.15) is 90.3 Å². The molecule has 0 aliphatic rings. The first-order valence-corrected chi connectivity index (χ1v) is 35.1. The third-order valence-corrected chi connectivity index (χ3v) is 17.0. The first kappa shape index (κ1) is 90.2. The number of rotatable bonds is 46. The van der Waals surface area contributed by atoms with Crippen molar-refractivity contribution in [3.63, 3.8) is 0 Å². The maximum Gasteiger partial charge on any atom is 0.326 e. The quantitative estimate of drug-likeness (QED) is 0.0250. The van der Waals surface area contributed by atoms with E-state index in [4.69, 9.17) is 5.73 Å². The molecule has 0 spiro atoms. The number of hydrogen-bond donors (Lipinski definition) is 22. The van der Waals surface area contributed by atoms with Gasteiger partial charge in [-0.15, -0.1) is 0 Å². The van der Waals surface area contributed by atoms with Crippen LogP contribution in [0.15, 0.2) is 78.9 Å². The van der Waals surface area contributed by atoms with Gasteiger partial charge in [0.1, 0.15) is 84.0 Å². The lowest BCUT2D eigenvalue weighted by molar-refractivity contribution is -0.142. The molecule has 0 heterocycles. The predicted octanol–water partition coefficient (Wildman–Crippen LogP) is -5.96. The van der Waals surface area contributed by atoms with E-state index in [1.807, 2.05) is 0 Å². The zero-order chi connectivity index (χ0) is 80.4. The minimum Gasteiger partial charge on any atom is -0.508 e. The van der Waals surface area contributed by atoms with Crippen molar-refractivity contribution in [2.24, 2.45) is 11.7 Å². The van der Waals surface area contributed by atoms with Gasteiger partial charge in [-0.2, -0.15) is 11.8 Å². The molecule has 588 valence electrons. The number of nitrogens with one attached hydrogen (secondary N) is 13. The second kappa shape index (κ2) is 45.4. The fourth-order valence-electron chi connectivity index (χ4n) is 9.90. The number of amides is 13. The van der Waals surface area contributed by atoms with Crippen LogP contribution in [-0.2, 0) is 96.0 Å². The molecule has 15 atom stereocenters. The molecule has 39 heteroatoms. The Labute approximate surface area is 618 Å². The highest BCUT2D eigenvalue weighted by Gasteiger charge is 2.38. The van der Waals surface area contributed by atoms with Crippen molar-refractivity contribution in [3.8, 4) is 11.5 Å². The van der Waals surface area contributed by atoms with E-state index < -0.39 is 231 Å². The summed E-state index contributed by atoms with van der Waals surface area (Å²) in [5.41, 5.74) is 7.27. The maximum atomic E-state index is 14.5. The Kier molecular flexibility index (Phi) is 38.2. The van der Waals surface area contributed by atoms with E-state index in [2.05, 4.69) is 69.1 Å². The number of aliphatic carboxylic acids is 3. The van der Waals surface area contributed by atoms with E-state index in [1.165, 1.54) is 88.0 Å². The fraction of sp³-hybridized carbons (Fsp3) is 0.500. The van der Waals surface area contributed by atoms with Gasteiger partial charge in [0, 0.05) is 19.3 Å². The average molecular weight is 1530 g/mol. The molecule has 0 bridgehead atoms. The molecular weight excluding hydrogens is 1430 g/mol. The van der Waals surface area contributed by atoms with Gasteiger partial charge in [0.15, 0.2) is 0 Å². The third kappa shape index (κ3) is 31.7. The summed E-state index contributed by atoms with van der Waals surface area (Å²) in [5.74, 6) is -19.3. The zero-order valence-electron chi connectivity index (χ0n) is 59.7. The summed E-state index contributed by atoms with van der Waals surface area (Å²) >= 11 is 1.34. The van der Waals surface area contributed by atoms with Crippen LogP contribution < -0.4 is 74.9 Å². The third-order valence-electron chi connectivity index (χ3n) is 16.4. The summed E-state index contributed by atoms with van der Waals surface area (Å²) in [6, 6.07) is -2.20. The van der Waals surface area contributed by atoms with Crippen LogP contribution in [0, 0.1) is 5.92 Å². The molecule has 107 heavy (non-hydrogen) atoms. The van der Waals surface area contributed by atoms with Gasteiger partial charge < -0.3 is 116 Å². The second-order valence-corrected chi connectivity index (χ2v) is 26.0. The summed E-state index contributed by atoms with van der Waals surface area (Å²) in [5, 5.41) is 110. The minimum atomic E-state index is -2.12. The molecule has 3 rings (SSSR count). The van der Waals surface area contributed by atoms with Crippen LogP contribution in [0.25, 0.3) is 0 Å². The van der Waals surface area contributed by atoms with Crippen molar-refractivity contribution in [1.82, 2.24) is 69.1 Å². The largest absolute Gasteiger partial charge is 0.508 e. The molecular formula is C68H96N14O24S. The molecule has 0 aromatic heterocycles. The van der Waals surface area contributed by atoms with E-state index >= 15 is 0 Å². The molecule has 0 saturated carbocycles. The molecule has 0 aliphatic heterocycles. The Morgan fingerprint density at radius 1 is 0.421 bits per heavy atom. The Hall–Kier alpha value is -11.0. The van der Waals surface area contributed by atoms with Gasteiger partial charge in [0.2, 0.25) is 76.8 Å². The number of carboxylic acids is 3. The fourth-order valence-corrected chi connectivity index (χ4v) is 10.4. The van der Waals surface area contributed by atoms with Crippen LogP contribution in [0.2, 0.25) is 0 Å². The van der Waals surface area contributed by atoms with Crippen molar-refractivity contribution in [3.05, 3.63) is 95.6 Å². The number of thioether (sulfide) groups is 1. The maximum absolute atomic E-state index is 14.5. The molecule has 3 aromatic rings. The first-order chi connectivity index (χ1) is 50.4. The Bertz CT molecular complexity index is 3580. The molecule has 13 amide bonds. The van der Waals surface area contributed by atoms with Gasteiger partial charge in [0.05, 0.1) is 38.3 Å². The summed E-state index contributed by atoms with van der Waals surface area (Å²) in [7, 11) is 0. The van der Waals surface area contributed by atoms with E-state index in [-0.39, 0.29) is 42.7 Å². The SMILES string of the molecule is CC[C@H](C)[C@H](NC(=O)[C@H](Cc1ccccc1)NC(=O)[C@@H](NC(=O)CNC(=O)[C@H](CCC(=O)O)NC(=O)[C@H](C)NC(=O)[C@@H](N)Cc1ccc(O)cc1)[C@@H](C)O)C(=O)N[C@@H](CO)C(=O)N[C@@H](CC(=O)O)C(=O)N[C@@H](Cc1ccc(O)cc1)C(=O)N[C@@H](CO)C(=O)N[C@@H](C)C(=O)N[C@@H](C)C(=O)N[C@@H](CCSC)C(=O)O. The number of aliphatic hydroxyl groups is 3. The highest BCUT2D eigenvalue weighted by Crippen LogP contribution is 2.16. The van der Waals surface area contributed by atoms with Crippen molar-refractivity contribution in [1.29, 1.82) is 0 Å². The molecule has 0 fully saturated rings. The lowest BCUT2D eigenvalue weighted by atomic mass is 9.96. The number of phenols is 2. The lowest BCUT2D eigenvalue weighted by Gasteiger charge is -2.29. The standard InChI is InChI=1S/C68H96N14O24S/c1-8-33(2)54(82-63(100)47(27-38-12-10-9-11-13-38)78-67(104)55(37(6)85)81-51(88)30-70-60(97)44(22-23-52(89)90)74-57(94)36(5)72-59(96)43(69)26-39-14-18-41(86)19-15-39)66(103)80-50(32-84)65(102)77-48(29-53(91)92)62(99)76-46(28-40-16-20-42(87)21-17-40)61(98)79-49(31-83)64(101)73-34(3)56(93)71-35(4)58(95)75-45(68(105)106)24-25-107-7/h9-21,33-37,43-50,54-55,83-87H,8,22-32,69H2,1-7H3,(H,70,97)(H,71,93)(H,72,96)(H,73,101)(H,74,94)(H,75,95)(H,76,99)(H,77,102)(H,78,104)(H,79,98)(H,80,103)(H,81,88)(H,82,100)(H,89,90)(H,91,92)(H,105,106)/t33-,34-,35-,36-,37+,43-,44-,45-,46-,47-,48-,49-,50-,54-,55-/m0/s1. The number of hydrogen-bond acceptors (Lipinski definition) is 23. The first-order valence-electron chi connectivity index (χ1n) is 33.7. The molecule has 0 unspecified atom stereocenters. The Morgan fingerprint density at radius 3 is 1.31 bits per heavy atom. The second-order valence-electron chi connectivity index (χ2n) is 25.0. The normalized spacial score (nSPS) is 15.2. The van der Waals surface area contributed by atoms with E-state index in [1.54, 1.807) is 43.5 Å². The predicted molar refractivity (Wildman–Crippen MR) is 380 cm³/mol. The number of nitrogens with two attached hydrogens (primary N) is 1. The topological polar surface area (TPSA) is 617 Å². The molecule has 0 radical (unpaired) electrons. The van der Waals surface area contributed by atoms with Crippen LogP contribution >= 0.6 is 11.8 Å². The van der Waals surface area contributed by atoms with Gasteiger partial charge in [-0.1, -0.05) is 74.9 Å². The van der Waals surface area contributed by atoms with E-state index in [9.17, 15) is 118 Å². The molecule has 0 aliphatic carbocycles. The van der Waals surface area contributed by atoms with Crippen LogP contribution in [-0.4, -0.2) is 252 Å². The van der Waals surface area contributed by atoms with E-state index in [0.717, 1.165) is 6.92 Å². The van der Waals surface area contributed by atoms with Gasteiger partial charge in [-0.25, -0.2) is 4.79 Å². The number of carbonyl (C=O) groups excluding carboxylic acids is 13. The Balaban J connectivity index is 1.80. The minimum absolute atomic E-state index is 0.0141. The Morgan fingerprint density at radius 2 is 0.822 bits per heavy atom. The van der Waals surface area contributed by atoms with Crippen LogP contribution in [0.3, 0.4) is 0 Å². The number of carbonyl (C=O) groups is 16. The summed E-state index contributed by atoms with van der Waals surface area (Å²) in [6.45, 7) is 4.59. The molecule has 38 nitrogen and oxygen atoms in total. The number of aromatic hydroxyl groups is 2. The van der Waals surface area contributed by atoms with Gasteiger partial charge >= 0.3 is 17.9 Å². The van der Waals surface area contributed by atoms with Gasteiger partial charge in [0.25, 0.3) is 0 Å². The smallest absolute Gasteiger partial charge is 0.326 e. The monoisotopic (exact) mass is 1520 g/mol. The van der Waals surface area contributed by atoms with E-state index in [0.29, 0.717) is 16.9 Å². The highest BCUT2D eigenvalue weighted by atomic mass is 32.2. The number of benzene rings is 3. The summed E-state index contributed by atoms with van der Waals surface area (Å²) in [4.78, 5) is 213. The summed E-state index contributed by atoms with van der Waals surface area (Å²) < 4.78 is 0. The number of aliphatic hydroxyl groups excluding tert-OH is 3. The number of phenolic OH excluding ortho intramolecular Hbond substituents is 2. The van der Waals surface area contributed by atoms with Crippen LogP contribution in [0.5, 0.6) is 11.5 Å². The highest BCUT2D eigenvalue weighted by molar-refractivity contribution is 7.98. The van der Waals surface area contributed by atoms with Crippen molar-refractivity contribution < 1.29 is 118 Å².